The standard InChI is InChI=1S/C17H15F3N4OS/c1-2-25-14-7-9-15(10-8-14)26-11-16-21-22-23-24(16)13-5-3-12(4-6-13)17(18,19)20/h3-10H,2,11H2,1H3. The minimum Gasteiger partial charge on any atom is -0.494 e. The summed E-state index contributed by atoms with van der Waals surface area (Å²) in [7, 11) is 0. The zero-order valence-electron chi connectivity index (χ0n) is 13.8. The van der Waals surface area contributed by atoms with Crippen molar-refractivity contribution in [2.24, 2.45) is 0 Å². The fourth-order valence-corrected chi connectivity index (χ4v) is 3.04. The Morgan fingerprint density at radius 3 is 2.35 bits per heavy atom. The SMILES string of the molecule is CCOc1ccc(SCc2nnnn2-c2ccc(C(F)(F)F)cc2)cc1. The zero-order valence-corrected chi connectivity index (χ0v) is 14.6. The van der Waals surface area contributed by atoms with E-state index < -0.39 is 11.7 Å². The molecule has 0 atom stereocenters. The highest BCUT2D eigenvalue weighted by molar-refractivity contribution is 7.98. The average molecular weight is 380 g/mol. The number of aromatic nitrogens is 4. The Labute approximate surface area is 152 Å². The second-order valence-corrected chi connectivity index (χ2v) is 6.29. The van der Waals surface area contributed by atoms with E-state index in [4.69, 9.17) is 4.74 Å². The molecule has 0 aliphatic carbocycles. The van der Waals surface area contributed by atoms with Crippen molar-refractivity contribution in [3.8, 4) is 11.4 Å². The van der Waals surface area contributed by atoms with Gasteiger partial charge in [-0.05, 0) is 65.9 Å². The molecule has 5 nitrogen and oxygen atoms in total. The minimum atomic E-state index is -4.37. The number of ether oxygens (including phenoxy) is 1. The molecule has 0 N–H and O–H groups in total. The van der Waals surface area contributed by atoms with E-state index in [9.17, 15) is 13.2 Å². The summed E-state index contributed by atoms with van der Waals surface area (Å²) in [6.07, 6.45) is -4.37. The van der Waals surface area contributed by atoms with Crippen molar-refractivity contribution in [3.63, 3.8) is 0 Å². The van der Waals surface area contributed by atoms with E-state index in [1.165, 1.54) is 28.6 Å². The minimum absolute atomic E-state index is 0.474. The Kier molecular flexibility index (Phi) is 5.46. The average Bonchev–Trinajstić information content (AvgIpc) is 3.09. The van der Waals surface area contributed by atoms with E-state index >= 15 is 0 Å². The van der Waals surface area contributed by atoms with Gasteiger partial charge in [0, 0.05) is 4.90 Å². The largest absolute Gasteiger partial charge is 0.494 e. The van der Waals surface area contributed by atoms with Crippen molar-refractivity contribution in [1.82, 2.24) is 20.2 Å². The molecule has 0 aliphatic heterocycles. The summed E-state index contributed by atoms with van der Waals surface area (Å²) in [6.45, 7) is 2.53. The highest BCUT2D eigenvalue weighted by Gasteiger charge is 2.30. The number of hydrogen-bond donors (Lipinski definition) is 0. The number of rotatable bonds is 6. The Hall–Kier alpha value is -2.55. The van der Waals surface area contributed by atoms with Gasteiger partial charge >= 0.3 is 6.18 Å². The Morgan fingerprint density at radius 1 is 1.04 bits per heavy atom. The maximum Gasteiger partial charge on any atom is 0.416 e. The van der Waals surface area contributed by atoms with Crippen molar-refractivity contribution in [3.05, 3.63) is 59.9 Å². The predicted octanol–water partition coefficient (Wildman–Crippen LogP) is 4.37. The summed E-state index contributed by atoms with van der Waals surface area (Å²) in [6, 6.07) is 12.4. The van der Waals surface area contributed by atoms with Gasteiger partial charge in [-0.2, -0.15) is 17.9 Å². The van der Waals surface area contributed by atoms with Gasteiger partial charge in [0.25, 0.3) is 0 Å². The zero-order chi connectivity index (χ0) is 18.6. The van der Waals surface area contributed by atoms with E-state index in [0.29, 0.717) is 23.9 Å². The Bertz CT molecular complexity index is 848. The number of alkyl halides is 3. The highest BCUT2D eigenvalue weighted by atomic mass is 32.2. The molecule has 9 heteroatoms. The molecule has 1 aromatic heterocycles. The molecule has 0 bridgehead atoms. The van der Waals surface area contributed by atoms with Crippen LogP contribution in [-0.4, -0.2) is 26.8 Å². The third kappa shape index (κ3) is 4.34. The number of tetrazole rings is 1. The van der Waals surface area contributed by atoms with Gasteiger partial charge in [-0.25, -0.2) is 0 Å². The lowest BCUT2D eigenvalue weighted by atomic mass is 10.2. The van der Waals surface area contributed by atoms with Gasteiger partial charge < -0.3 is 4.74 Å². The van der Waals surface area contributed by atoms with Gasteiger partial charge in [0.2, 0.25) is 0 Å². The van der Waals surface area contributed by atoms with Crippen LogP contribution in [0.25, 0.3) is 5.69 Å². The fourth-order valence-electron chi connectivity index (χ4n) is 2.23. The molecule has 26 heavy (non-hydrogen) atoms. The van der Waals surface area contributed by atoms with Crippen molar-refractivity contribution in [2.75, 3.05) is 6.61 Å². The first-order valence-electron chi connectivity index (χ1n) is 7.78. The predicted molar refractivity (Wildman–Crippen MR) is 91.3 cm³/mol. The molecule has 3 rings (SSSR count). The summed E-state index contributed by atoms with van der Waals surface area (Å²) >= 11 is 1.52. The Balaban J connectivity index is 1.70. The first kappa shape index (κ1) is 18.2. The molecule has 136 valence electrons. The molecule has 0 aliphatic rings. The maximum absolute atomic E-state index is 12.7. The monoisotopic (exact) mass is 380 g/mol. The number of hydrogen-bond acceptors (Lipinski definition) is 5. The van der Waals surface area contributed by atoms with Crippen LogP contribution in [0.15, 0.2) is 53.4 Å². The second-order valence-electron chi connectivity index (χ2n) is 5.24. The van der Waals surface area contributed by atoms with Crippen LogP contribution < -0.4 is 4.74 Å². The lowest BCUT2D eigenvalue weighted by molar-refractivity contribution is -0.137. The topological polar surface area (TPSA) is 52.8 Å². The van der Waals surface area contributed by atoms with E-state index in [2.05, 4.69) is 15.5 Å². The maximum atomic E-state index is 12.7. The summed E-state index contributed by atoms with van der Waals surface area (Å²) < 4.78 is 44.8. The van der Waals surface area contributed by atoms with Gasteiger partial charge in [-0.3, -0.25) is 0 Å². The van der Waals surface area contributed by atoms with E-state index in [-0.39, 0.29) is 0 Å². The molecule has 0 radical (unpaired) electrons. The van der Waals surface area contributed by atoms with Gasteiger partial charge in [-0.1, -0.05) is 0 Å². The molecule has 1 heterocycles. The normalized spacial score (nSPS) is 11.5. The van der Waals surface area contributed by atoms with E-state index in [0.717, 1.165) is 22.8 Å². The van der Waals surface area contributed by atoms with Crippen molar-refractivity contribution < 1.29 is 17.9 Å². The van der Waals surface area contributed by atoms with Crippen LogP contribution in [0.2, 0.25) is 0 Å². The molecule has 0 unspecified atom stereocenters. The van der Waals surface area contributed by atoms with Gasteiger partial charge in [0.1, 0.15) is 5.75 Å². The molecule has 0 saturated heterocycles. The van der Waals surface area contributed by atoms with Crippen molar-refractivity contribution in [2.45, 2.75) is 23.7 Å². The molecule has 3 aromatic rings. The van der Waals surface area contributed by atoms with E-state index in [1.54, 1.807) is 0 Å². The molecule has 0 spiro atoms. The first-order valence-corrected chi connectivity index (χ1v) is 8.76. The van der Waals surface area contributed by atoms with Gasteiger partial charge in [0.05, 0.1) is 23.6 Å². The van der Waals surface area contributed by atoms with Crippen LogP contribution in [0, 0.1) is 0 Å². The number of thioether (sulfide) groups is 1. The molecule has 0 amide bonds. The van der Waals surface area contributed by atoms with Crippen LogP contribution in [0.3, 0.4) is 0 Å². The molecular formula is C17H15F3N4OS. The van der Waals surface area contributed by atoms with Gasteiger partial charge in [0.15, 0.2) is 5.82 Å². The molecule has 0 fully saturated rings. The van der Waals surface area contributed by atoms with Crippen molar-refractivity contribution in [1.29, 1.82) is 0 Å². The van der Waals surface area contributed by atoms with Crippen LogP contribution >= 0.6 is 11.8 Å². The van der Waals surface area contributed by atoms with Crippen LogP contribution in [0.5, 0.6) is 5.75 Å². The van der Waals surface area contributed by atoms with E-state index in [1.807, 2.05) is 31.2 Å². The summed E-state index contributed by atoms with van der Waals surface area (Å²) in [5.74, 6) is 1.82. The molecule has 2 aromatic carbocycles. The summed E-state index contributed by atoms with van der Waals surface area (Å²) in [5.41, 5.74) is -0.232. The van der Waals surface area contributed by atoms with Crippen LogP contribution in [0.1, 0.15) is 18.3 Å². The number of benzene rings is 2. The van der Waals surface area contributed by atoms with Gasteiger partial charge in [-0.15, -0.1) is 16.9 Å². The Morgan fingerprint density at radius 2 is 1.73 bits per heavy atom. The van der Waals surface area contributed by atoms with Crippen LogP contribution in [0.4, 0.5) is 13.2 Å². The summed E-state index contributed by atoms with van der Waals surface area (Å²) in [4.78, 5) is 1.01. The third-order valence-electron chi connectivity index (χ3n) is 3.48. The fraction of sp³-hybridized carbons (Fsp3) is 0.235. The number of halogens is 3. The number of nitrogens with zero attached hydrogens (tertiary/aromatic N) is 4. The molecule has 0 saturated carbocycles. The molecular weight excluding hydrogens is 365 g/mol. The smallest absolute Gasteiger partial charge is 0.416 e. The third-order valence-corrected chi connectivity index (χ3v) is 4.48. The first-order chi connectivity index (χ1) is 12.5. The van der Waals surface area contributed by atoms with Crippen molar-refractivity contribution >= 4 is 11.8 Å². The lowest BCUT2D eigenvalue weighted by Crippen LogP contribution is -2.06. The van der Waals surface area contributed by atoms with Crippen LogP contribution in [-0.2, 0) is 11.9 Å². The quantitative estimate of drug-likeness (QED) is 0.595. The highest BCUT2D eigenvalue weighted by Crippen LogP contribution is 2.30. The second kappa shape index (κ2) is 7.77. The summed E-state index contributed by atoms with van der Waals surface area (Å²) in [5, 5.41) is 11.5. The lowest BCUT2D eigenvalue weighted by Gasteiger charge is -2.08.